The largest absolute Gasteiger partial charge is 0.493 e. The minimum Gasteiger partial charge on any atom is -0.493 e. The molecule has 0 fully saturated rings. The maximum Gasteiger partial charge on any atom is 0.278 e. The molecule has 6 nitrogen and oxygen atoms in total. The van der Waals surface area contributed by atoms with Crippen LogP contribution in [0.3, 0.4) is 0 Å². The van der Waals surface area contributed by atoms with Crippen LogP contribution in [0.25, 0.3) is 5.70 Å². The minimum atomic E-state index is -0.320. The molecular formula is C23H20ClN3O3. The number of amidine groups is 1. The molecule has 2 aliphatic rings. The number of ether oxygens (including phenoxy) is 2. The second kappa shape index (κ2) is 8.21. The van der Waals surface area contributed by atoms with E-state index in [1.54, 1.807) is 38.5 Å². The fraction of sp³-hybridized carbons (Fsp3) is 0.261. The molecule has 0 atom stereocenters. The molecule has 152 valence electrons. The predicted octanol–water partition coefficient (Wildman–Crippen LogP) is 4.48. The third-order valence-corrected chi connectivity index (χ3v) is 5.64. The van der Waals surface area contributed by atoms with Gasteiger partial charge in [-0.15, -0.1) is 0 Å². The number of amides is 1. The smallest absolute Gasteiger partial charge is 0.278 e. The van der Waals surface area contributed by atoms with Crippen LogP contribution in [0.5, 0.6) is 11.5 Å². The second-order valence-corrected chi connectivity index (χ2v) is 7.48. The van der Waals surface area contributed by atoms with Crippen molar-refractivity contribution in [1.29, 1.82) is 5.26 Å². The SMILES string of the molecule is COc1cc2c(cc1OC)C1=C(C#N)CC/C(=N\C(=O)c3ccc(Cl)cc3)N1CC2. The Morgan fingerprint density at radius 1 is 1.10 bits per heavy atom. The first-order valence-corrected chi connectivity index (χ1v) is 9.97. The summed E-state index contributed by atoms with van der Waals surface area (Å²) in [5, 5.41) is 10.3. The van der Waals surface area contributed by atoms with Crippen molar-refractivity contribution in [2.45, 2.75) is 19.3 Å². The lowest BCUT2D eigenvalue weighted by atomic mass is 9.89. The zero-order valence-corrected chi connectivity index (χ0v) is 17.5. The maximum absolute atomic E-state index is 12.7. The van der Waals surface area contributed by atoms with Crippen LogP contribution in [0.15, 0.2) is 47.0 Å². The quantitative estimate of drug-likeness (QED) is 0.730. The van der Waals surface area contributed by atoms with Crippen molar-refractivity contribution < 1.29 is 14.3 Å². The van der Waals surface area contributed by atoms with Gasteiger partial charge in [0.15, 0.2) is 11.5 Å². The van der Waals surface area contributed by atoms with Crippen LogP contribution >= 0.6 is 11.6 Å². The van der Waals surface area contributed by atoms with Crippen LogP contribution in [-0.2, 0) is 6.42 Å². The van der Waals surface area contributed by atoms with E-state index in [-0.39, 0.29) is 5.91 Å². The number of carbonyl (C=O) groups excluding carboxylic acids is 1. The molecule has 2 aromatic rings. The number of rotatable bonds is 3. The number of nitriles is 1. The third-order valence-electron chi connectivity index (χ3n) is 5.39. The van der Waals surface area contributed by atoms with Gasteiger partial charge in [0.1, 0.15) is 5.84 Å². The van der Waals surface area contributed by atoms with E-state index < -0.39 is 0 Å². The summed E-state index contributed by atoms with van der Waals surface area (Å²) in [7, 11) is 3.19. The zero-order valence-electron chi connectivity index (χ0n) is 16.7. The molecule has 0 bridgehead atoms. The summed E-state index contributed by atoms with van der Waals surface area (Å²) in [6.07, 6.45) is 1.81. The first kappa shape index (κ1) is 20.0. The molecule has 0 radical (unpaired) electrons. The number of methoxy groups -OCH3 is 2. The highest BCUT2D eigenvalue weighted by Crippen LogP contribution is 2.41. The second-order valence-electron chi connectivity index (χ2n) is 7.05. The summed E-state index contributed by atoms with van der Waals surface area (Å²) in [6, 6.07) is 12.9. The van der Waals surface area contributed by atoms with Crippen molar-refractivity contribution in [3.05, 3.63) is 63.7 Å². The molecule has 2 aliphatic heterocycles. The van der Waals surface area contributed by atoms with E-state index in [2.05, 4.69) is 11.1 Å². The Balaban J connectivity index is 1.76. The number of carbonyl (C=O) groups is 1. The molecule has 1 amide bonds. The highest BCUT2D eigenvalue weighted by Gasteiger charge is 2.32. The number of hydrogen-bond donors (Lipinski definition) is 0. The van der Waals surface area contributed by atoms with Gasteiger partial charge < -0.3 is 14.4 Å². The number of aliphatic imine (C=N–C) groups is 1. The molecule has 4 rings (SSSR count). The lowest BCUT2D eigenvalue weighted by Gasteiger charge is -2.38. The number of benzene rings is 2. The molecule has 30 heavy (non-hydrogen) atoms. The van der Waals surface area contributed by atoms with Crippen molar-refractivity contribution >= 4 is 29.0 Å². The summed E-state index contributed by atoms with van der Waals surface area (Å²) >= 11 is 5.91. The molecular weight excluding hydrogens is 402 g/mol. The third kappa shape index (κ3) is 3.53. The Morgan fingerprint density at radius 3 is 2.47 bits per heavy atom. The van der Waals surface area contributed by atoms with Crippen LogP contribution in [0.4, 0.5) is 0 Å². The van der Waals surface area contributed by atoms with Crippen LogP contribution in [0, 0.1) is 11.3 Å². The van der Waals surface area contributed by atoms with E-state index >= 15 is 0 Å². The van der Waals surface area contributed by atoms with Crippen LogP contribution in [-0.4, -0.2) is 37.4 Å². The van der Waals surface area contributed by atoms with Gasteiger partial charge in [-0.2, -0.15) is 10.3 Å². The fourth-order valence-electron chi connectivity index (χ4n) is 3.91. The molecule has 2 aromatic carbocycles. The van der Waals surface area contributed by atoms with Crippen molar-refractivity contribution in [1.82, 2.24) is 4.90 Å². The number of fused-ring (bicyclic) bond motifs is 3. The molecule has 0 saturated heterocycles. The molecule has 7 heteroatoms. The van der Waals surface area contributed by atoms with Gasteiger partial charge in [-0.1, -0.05) is 11.6 Å². The van der Waals surface area contributed by atoms with Gasteiger partial charge in [0, 0.05) is 29.1 Å². The monoisotopic (exact) mass is 421 g/mol. The van der Waals surface area contributed by atoms with Crippen LogP contribution in [0.2, 0.25) is 5.02 Å². The van der Waals surface area contributed by atoms with E-state index in [0.717, 1.165) is 23.2 Å². The Bertz CT molecular complexity index is 1110. The molecule has 0 saturated carbocycles. The Kier molecular flexibility index (Phi) is 5.47. The lowest BCUT2D eigenvalue weighted by molar-refractivity contribution is 0.100. The predicted molar refractivity (Wildman–Crippen MR) is 115 cm³/mol. The van der Waals surface area contributed by atoms with E-state index in [9.17, 15) is 10.1 Å². The average molecular weight is 422 g/mol. The van der Waals surface area contributed by atoms with Crippen molar-refractivity contribution in [2.24, 2.45) is 4.99 Å². The van der Waals surface area contributed by atoms with Crippen LogP contribution in [0.1, 0.15) is 34.3 Å². The van der Waals surface area contributed by atoms with Gasteiger partial charge in [-0.25, -0.2) is 0 Å². The van der Waals surface area contributed by atoms with Gasteiger partial charge in [0.2, 0.25) is 0 Å². The highest BCUT2D eigenvalue weighted by molar-refractivity contribution is 6.30. The fourth-order valence-corrected chi connectivity index (χ4v) is 4.04. The normalized spacial score (nSPS) is 16.6. The van der Waals surface area contributed by atoms with Gasteiger partial charge >= 0.3 is 0 Å². The van der Waals surface area contributed by atoms with E-state index in [1.807, 2.05) is 17.0 Å². The minimum absolute atomic E-state index is 0.320. The van der Waals surface area contributed by atoms with E-state index in [1.165, 1.54) is 0 Å². The van der Waals surface area contributed by atoms with Crippen LogP contribution < -0.4 is 9.47 Å². The summed E-state index contributed by atoms with van der Waals surface area (Å²) in [4.78, 5) is 19.1. The summed E-state index contributed by atoms with van der Waals surface area (Å²) < 4.78 is 10.9. The number of allylic oxidation sites excluding steroid dienone is 1. The van der Waals surface area contributed by atoms with Gasteiger partial charge in [-0.3, -0.25) is 4.79 Å². The summed E-state index contributed by atoms with van der Waals surface area (Å²) in [6.45, 7) is 0.635. The molecule has 0 N–H and O–H groups in total. The first-order chi connectivity index (χ1) is 14.5. The highest BCUT2D eigenvalue weighted by atomic mass is 35.5. The first-order valence-electron chi connectivity index (χ1n) is 9.59. The van der Waals surface area contributed by atoms with Gasteiger partial charge in [0.05, 0.1) is 31.6 Å². The van der Waals surface area contributed by atoms with Crippen molar-refractivity contribution in [3.8, 4) is 17.6 Å². The van der Waals surface area contributed by atoms with Crippen molar-refractivity contribution in [3.63, 3.8) is 0 Å². The van der Waals surface area contributed by atoms with Gasteiger partial charge in [-0.05, 0) is 54.8 Å². The summed E-state index contributed by atoms with van der Waals surface area (Å²) in [5.74, 6) is 1.61. The lowest BCUT2D eigenvalue weighted by Crippen LogP contribution is -2.38. The zero-order chi connectivity index (χ0) is 21.3. The van der Waals surface area contributed by atoms with Gasteiger partial charge in [0.25, 0.3) is 5.91 Å². The van der Waals surface area contributed by atoms with E-state index in [0.29, 0.717) is 52.9 Å². The molecule has 2 heterocycles. The molecule has 0 aliphatic carbocycles. The molecule has 0 aromatic heterocycles. The van der Waals surface area contributed by atoms with E-state index in [4.69, 9.17) is 21.1 Å². The van der Waals surface area contributed by atoms with Crippen molar-refractivity contribution in [2.75, 3.05) is 20.8 Å². The number of nitrogens with zero attached hydrogens (tertiary/aromatic N) is 3. The summed E-state index contributed by atoms with van der Waals surface area (Å²) in [5.41, 5.74) is 3.96. The molecule has 0 unspecified atom stereocenters. The number of halogens is 1. The standard InChI is InChI=1S/C23H20ClN3O3/c1-29-19-11-15-9-10-27-21(26-23(28)14-3-6-17(24)7-4-14)8-5-16(13-25)22(27)18(15)12-20(19)30-2/h3-4,6-7,11-12H,5,8-10H2,1-2H3/b26-21+. The Morgan fingerprint density at radius 2 is 1.80 bits per heavy atom. The Labute approximate surface area is 180 Å². The number of hydrogen-bond acceptors (Lipinski definition) is 4. The topological polar surface area (TPSA) is 74.9 Å². The molecule has 0 spiro atoms. The average Bonchev–Trinajstić information content (AvgIpc) is 2.78. The maximum atomic E-state index is 12.7. The Hall–Kier alpha value is -3.30.